The lowest BCUT2D eigenvalue weighted by molar-refractivity contribution is -0.145. The Morgan fingerprint density at radius 2 is 2.09 bits per heavy atom. The molecule has 2 N–H and O–H groups in total. The first kappa shape index (κ1) is 16.0. The number of carbonyl (C=O) groups is 3. The number of halogens is 1. The maximum absolute atomic E-state index is 11.4. The van der Waals surface area contributed by atoms with Crippen molar-refractivity contribution in [3.05, 3.63) is 33.9 Å². The van der Waals surface area contributed by atoms with E-state index in [0.717, 1.165) is 0 Å². The van der Waals surface area contributed by atoms with Crippen LogP contribution in [0, 0.1) is 0 Å². The molecule has 8 heteroatoms. The summed E-state index contributed by atoms with van der Waals surface area (Å²) in [7, 11) is 0. The molecule has 1 fully saturated rings. The molecule has 0 aliphatic carbocycles. The van der Waals surface area contributed by atoms with Crippen LogP contribution < -0.4 is 15.4 Å². The van der Waals surface area contributed by atoms with E-state index in [1.54, 1.807) is 25.1 Å². The fraction of sp³-hybridized carbons (Fsp3) is 0.214. The van der Waals surface area contributed by atoms with Crippen molar-refractivity contribution in [2.24, 2.45) is 0 Å². The average Bonchev–Trinajstić information content (AvgIpc) is 2.76. The number of esters is 1. The molecule has 0 radical (unpaired) electrons. The van der Waals surface area contributed by atoms with Crippen molar-refractivity contribution in [3.8, 4) is 5.75 Å². The lowest BCUT2D eigenvalue weighted by Crippen LogP contribution is -2.22. The summed E-state index contributed by atoms with van der Waals surface area (Å²) in [6.45, 7) is 1.82. The third-order valence-electron chi connectivity index (χ3n) is 2.64. The Morgan fingerprint density at radius 1 is 1.32 bits per heavy atom. The molecule has 1 saturated heterocycles. The highest BCUT2D eigenvalue weighted by Crippen LogP contribution is 2.27. The van der Waals surface area contributed by atoms with Gasteiger partial charge in [0.1, 0.15) is 11.4 Å². The summed E-state index contributed by atoms with van der Waals surface area (Å²) in [6.07, 6.45) is 1.53. The molecule has 7 nitrogen and oxygen atoms in total. The van der Waals surface area contributed by atoms with Crippen molar-refractivity contribution in [2.75, 3.05) is 13.2 Å². The summed E-state index contributed by atoms with van der Waals surface area (Å²) in [5.74, 6) is -0.468. The summed E-state index contributed by atoms with van der Waals surface area (Å²) >= 11 is 3.32. The van der Waals surface area contributed by atoms with Gasteiger partial charge in [-0.2, -0.15) is 0 Å². The van der Waals surface area contributed by atoms with Gasteiger partial charge in [-0.1, -0.05) is 6.07 Å². The van der Waals surface area contributed by atoms with Gasteiger partial charge in [0.25, 0.3) is 5.91 Å². The lowest BCUT2D eigenvalue weighted by atomic mass is 10.2. The van der Waals surface area contributed by atoms with E-state index in [1.165, 1.54) is 6.08 Å². The lowest BCUT2D eigenvalue weighted by Gasteiger charge is -2.08. The van der Waals surface area contributed by atoms with Crippen LogP contribution in [0.4, 0.5) is 4.79 Å². The molecule has 0 bridgehead atoms. The highest BCUT2D eigenvalue weighted by molar-refractivity contribution is 9.10. The molecule has 116 valence electrons. The third kappa shape index (κ3) is 4.08. The Balaban J connectivity index is 2.06. The molecule has 1 aliphatic rings. The molecule has 0 atom stereocenters. The van der Waals surface area contributed by atoms with Crippen molar-refractivity contribution in [2.45, 2.75) is 6.92 Å². The summed E-state index contributed by atoms with van der Waals surface area (Å²) in [6, 6.07) is 4.48. The summed E-state index contributed by atoms with van der Waals surface area (Å²) in [4.78, 5) is 33.7. The van der Waals surface area contributed by atoms with Crippen molar-refractivity contribution >= 4 is 39.9 Å². The van der Waals surface area contributed by atoms with Crippen molar-refractivity contribution in [1.82, 2.24) is 10.6 Å². The zero-order valence-electron chi connectivity index (χ0n) is 11.6. The third-order valence-corrected chi connectivity index (χ3v) is 3.26. The van der Waals surface area contributed by atoms with E-state index < -0.39 is 17.9 Å². The van der Waals surface area contributed by atoms with Gasteiger partial charge in [0.15, 0.2) is 6.61 Å². The van der Waals surface area contributed by atoms with Gasteiger partial charge in [0.05, 0.1) is 11.1 Å². The quantitative estimate of drug-likeness (QED) is 0.467. The van der Waals surface area contributed by atoms with Gasteiger partial charge in [-0.3, -0.25) is 10.1 Å². The maximum Gasteiger partial charge on any atom is 0.344 e. The van der Waals surface area contributed by atoms with Gasteiger partial charge in [-0.25, -0.2) is 9.59 Å². The molecule has 2 rings (SSSR count). The van der Waals surface area contributed by atoms with E-state index in [2.05, 4.69) is 26.6 Å². The predicted octanol–water partition coefficient (Wildman–Crippen LogP) is 1.57. The van der Waals surface area contributed by atoms with Crippen LogP contribution in [0.1, 0.15) is 12.5 Å². The van der Waals surface area contributed by atoms with Gasteiger partial charge in [-0.15, -0.1) is 0 Å². The number of benzene rings is 1. The number of rotatable bonds is 5. The molecule has 0 spiro atoms. The number of carbonyl (C=O) groups excluding carboxylic acids is 3. The van der Waals surface area contributed by atoms with Crippen LogP contribution in [0.2, 0.25) is 0 Å². The van der Waals surface area contributed by atoms with Crippen LogP contribution in [0.5, 0.6) is 5.75 Å². The topological polar surface area (TPSA) is 93.7 Å². The Bertz CT molecular complexity index is 657. The Morgan fingerprint density at radius 3 is 2.68 bits per heavy atom. The minimum Gasteiger partial charge on any atom is -0.481 e. The van der Waals surface area contributed by atoms with Crippen molar-refractivity contribution in [1.29, 1.82) is 0 Å². The normalized spacial score (nSPS) is 15.5. The molecule has 1 aromatic rings. The Labute approximate surface area is 134 Å². The molecule has 0 aromatic heterocycles. The second-order valence-corrected chi connectivity index (χ2v) is 5.10. The van der Waals surface area contributed by atoms with Gasteiger partial charge < -0.3 is 14.8 Å². The predicted molar refractivity (Wildman–Crippen MR) is 80.9 cm³/mol. The first-order valence-electron chi connectivity index (χ1n) is 6.41. The number of amides is 3. The van der Waals surface area contributed by atoms with E-state index in [1.807, 2.05) is 0 Å². The van der Waals surface area contributed by atoms with Crippen molar-refractivity contribution < 1.29 is 23.9 Å². The Kier molecular flexibility index (Phi) is 5.16. The fourth-order valence-electron chi connectivity index (χ4n) is 1.71. The Hall–Kier alpha value is -2.35. The number of imide groups is 1. The summed E-state index contributed by atoms with van der Waals surface area (Å²) < 4.78 is 10.7. The molecule has 3 amide bonds. The van der Waals surface area contributed by atoms with Crippen LogP contribution in [0.3, 0.4) is 0 Å². The van der Waals surface area contributed by atoms with Crippen LogP contribution in [0.15, 0.2) is 28.4 Å². The molecule has 0 unspecified atom stereocenters. The number of hydrogen-bond donors (Lipinski definition) is 2. The first-order chi connectivity index (χ1) is 10.5. The number of nitrogens with one attached hydrogen (secondary N) is 2. The standard InChI is InChI=1S/C14H13BrN2O5/c1-2-21-12(18)7-22-11-4-3-8(5-9(11)15)6-10-13(19)17-14(20)16-10/h3-6H,2,7H2,1H3,(H2,16,17,19,20)/b10-6-. The van der Waals surface area contributed by atoms with Crippen LogP contribution in [-0.4, -0.2) is 31.1 Å². The van der Waals surface area contributed by atoms with Crippen LogP contribution in [-0.2, 0) is 14.3 Å². The molecular formula is C14H13BrN2O5. The molecule has 1 aliphatic heterocycles. The minimum atomic E-state index is -0.551. The van der Waals surface area contributed by atoms with E-state index in [0.29, 0.717) is 22.4 Å². The van der Waals surface area contributed by atoms with Gasteiger partial charge >= 0.3 is 12.0 Å². The SMILES string of the molecule is CCOC(=O)COc1ccc(/C=C2\NC(=O)NC2=O)cc1Br. The first-order valence-corrected chi connectivity index (χ1v) is 7.21. The van der Waals surface area contributed by atoms with E-state index in [9.17, 15) is 14.4 Å². The van der Waals surface area contributed by atoms with E-state index >= 15 is 0 Å². The molecule has 1 heterocycles. The number of ether oxygens (including phenoxy) is 2. The van der Waals surface area contributed by atoms with Gasteiger partial charge in [0, 0.05) is 0 Å². The van der Waals surface area contributed by atoms with Crippen molar-refractivity contribution in [3.63, 3.8) is 0 Å². The van der Waals surface area contributed by atoms with E-state index in [-0.39, 0.29) is 12.3 Å². The van der Waals surface area contributed by atoms with Crippen LogP contribution in [0.25, 0.3) is 6.08 Å². The largest absolute Gasteiger partial charge is 0.481 e. The number of urea groups is 1. The highest BCUT2D eigenvalue weighted by Gasteiger charge is 2.22. The monoisotopic (exact) mass is 368 g/mol. The zero-order valence-corrected chi connectivity index (χ0v) is 13.2. The molecule has 0 saturated carbocycles. The smallest absolute Gasteiger partial charge is 0.344 e. The average molecular weight is 369 g/mol. The van der Waals surface area contributed by atoms with E-state index in [4.69, 9.17) is 9.47 Å². The fourth-order valence-corrected chi connectivity index (χ4v) is 2.22. The minimum absolute atomic E-state index is 0.164. The number of hydrogen-bond acceptors (Lipinski definition) is 5. The molecular weight excluding hydrogens is 356 g/mol. The summed E-state index contributed by atoms with van der Waals surface area (Å²) in [5.41, 5.74) is 0.847. The summed E-state index contributed by atoms with van der Waals surface area (Å²) in [5, 5.41) is 4.51. The maximum atomic E-state index is 11.4. The molecule has 22 heavy (non-hydrogen) atoms. The second-order valence-electron chi connectivity index (χ2n) is 4.25. The van der Waals surface area contributed by atoms with Gasteiger partial charge in [-0.05, 0) is 46.6 Å². The highest BCUT2D eigenvalue weighted by atomic mass is 79.9. The van der Waals surface area contributed by atoms with Crippen LogP contribution >= 0.6 is 15.9 Å². The molecule has 1 aromatic carbocycles. The zero-order chi connectivity index (χ0) is 16.1. The second kappa shape index (κ2) is 7.08. The van der Waals surface area contributed by atoms with Gasteiger partial charge in [0.2, 0.25) is 0 Å².